The number of ether oxygens (including phenoxy) is 1. The average molecular weight is 553 g/mol. The lowest BCUT2D eigenvalue weighted by Crippen LogP contribution is -2.55. The molecule has 0 spiro atoms. The Labute approximate surface area is 229 Å². The van der Waals surface area contributed by atoms with Crippen molar-refractivity contribution in [3.05, 3.63) is 60.2 Å². The maximum Gasteiger partial charge on any atom is 0.305 e. The van der Waals surface area contributed by atoms with E-state index in [4.69, 9.17) is 9.84 Å². The molecule has 0 bridgehead atoms. The molecule has 2 aromatic rings. The zero-order valence-corrected chi connectivity index (χ0v) is 21.6. The normalized spacial score (nSPS) is 15.5. The minimum atomic E-state index is -1.33. The molecule has 2 atom stereocenters. The van der Waals surface area contributed by atoms with Gasteiger partial charge in [-0.05, 0) is 30.7 Å². The van der Waals surface area contributed by atoms with E-state index in [1.54, 1.807) is 48.5 Å². The highest BCUT2D eigenvalue weighted by Crippen LogP contribution is 2.32. The molecule has 2 aromatic carbocycles. The van der Waals surface area contributed by atoms with Crippen molar-refractivity contribution in [2.75, 3.05) is 29.5 Å². The van der Waals surface area contributed by atoms with Crippen LogP contribution in [0.2, 0.25) is 0 Å². The summed E-state index contributed by atoms with van der Waals surface area (Å²) in [6.45, 7) is -0.104. The molecule has 0 aliphatic carbocycles. The van der Waals surface area contributed by atoms with Crippen LogP contribution in [0.1, 0.15) is 30.1 Å². The summed E-state index contributed by atoms with van der Waals surface area (Å²) in [7, 11) is 0. The largest absolute Gasteiger partial charge is 0.481 e. The molecule has 0 saturated carbocycles. The fraction of sp³-hybridized carbons (Fsp3) is 0.296. The van der Waals surface area contributed by atoms with Gasteiger partial charge in [0.05, 0.1) is 23.8 Å². The lowest BCUT2D eigenvalue weighted by molar-refractivity contribution is -0.145. The number of aldehydes is 1. The average Bonchev–Trinajstić information content (AvgIpc) is 2.93. The number of aliphatic carboxylic acids is 1. The van der Waals surface area contributed by atoms with E-state index in [1.165, 1.54) is 11.0 Å². The molecular weight excluding hydrogens is 524 g/mol. The van der Waals surface area contributed by atoms with Gasteiger partial charge >= 0.3 is 11.9 Å². The number of rotatable bonds is 10. The summed E-state index contributed by atoms with van der Waals surface area (Å²) >= 11 is 0. The standard InChI is InChI=1S/C27H28N4O9/c1-17(33)40-16-24(35)30-12-11-20(29-26(38)18-7-3-2-4-8-18)27(39)31(22-10-6-5-9-21(22)30)14-23(34)28-19(15-32)13-25(36)37/h2-10,15,19-20H,11-14,16H2,1H3,(H,28,34)(H,29,38)(H,36,37)/t19-,20-/m0/s1. The van der Waals surface area contributed by atoms with Crippen molar-refractivity contribution >= 4 is 53.2 Å². The van der Waals surface area contributed by atoms with Crippen LogP contribution in [-0.4, -0.2) is 78.7 Å². The molecule has 0 unspecified atom stereocenters. The molecule has 40 heavy (non-hydrogen) atoms. The van der Waals surface area contributed by atoms with Crippen molar-refractivity contribution in [1.82, 2.24) is 10.6 Å². The maximum atomic E-state index is 13.8. The molecule has 1 aliphatic rings. The Morgan fingerprint density at radius 3 is 2.33 bits per heavy atom. The highest BCUT2D eigenvalue weighted by molar-refractivity contribution is 6.09. The summed E-state index contributed by atoms with van der Waals surface area (Å²) in [6, 6.07) is 11.8. The van der Waals surface area contributed by atoms with Crippen LogP contribution in [-0.2, 0) is 33.5 Å². The van der Waals surface area contributed by atoms with Gasteiger partial charge in [-0.25, -0.2) is 0 Å². The van der Waals surface area contributed by atoms with E-state index in [-0.39, 0.29) is 36.2 Å². The molecule has 0 aromatic heterocycles. The Kier molecular flexibility index (Phi) is 10.1. The third-order valence-corrected chi connectivity index (χ3v) is 5.92. The van der Waals surface area contributed by atoms with E-state index in [0.29, 0.717) is 0 Å². The Morgan fingerprint density at radius 2 is 1.70 bits per heavy atom. The van der Waals surface area contributed by atoms with Gasteiger partial charge in [-0.1, -0.05) is 30.3 Å². The smallest absolute Gasteiger partial charge is 0.305 e. The molecule has 13 heteroatoms. The number of carbonyl (C=O) groups is 7. The number of anilines is 2. The summed E-state index contributed by atoms with van der Waals surface area (Å²) in [6.07, 6.45) is -0.437. The molecule has 0 saturated heterocycles. The van der Waals surface area contributed by atoms with Crippen LogP contribution in [0.5, 0.6) is 0 Å². The van der Waals surface area contributed by atoms with Crippen LogP contribution in [0.3, 0.4) is 0 Å². The van der Waals surface area contributed by atoms with Crippen LogP contribution in [0.25, 0.3) is 0 Å². The zero-order valence-electron chi connectivity index (χ0n) is 21.6. The minimum absolute atomic E-state index is 0.0333. The first-order valence-corrected chi connectivity index (χ1v) is 12.3. The second kappa shape index (κ2) is 13.6. The number of fused-ring (bicyclic) bond motifs is 1. The van der Waals surface area contributed by atoms with Gasteiger partial charge in [-0.3, -0.25) is 33.7 Å². The summed E-state index contributed by atoms with van der Waals surface area (Å²) in [4.78, 5) is 88.6. The Balaban J connectivity index is 1.98. The van der Waals surface area contributed by atoms with Gasteiger partial charge < -0.3 is 30.2 Å². The van der Waals surface area contributed by atoms with Crippen LogP contribution in [0, 0.1) is 0 Å². The summed E-state index contributed by atoms with van der Waals surface area (Å²) in [5, 5.41) is 13.9. The molecular formula is C27H28N4O9. The summed E-state index contributed by atoms with van der Waals surface area (Å²) < 4.78 is 4.87. The van der Waals surface area contributed by atoms with Crippen molar-refractivity contribution in [1.29, 1.82) is 0 Å². The first-order valence-electron chi connectivity index (χ1n) is 12.3. The summed E-state index contributed by atoms with van der Waals surface area (Å²) in [5.74, 6) is -4.64. The third-order valence-electron chi connectivity index (χ3n) is 5.92. The number of carbonyl (C=O) groups excluding carboxylic acids is 6. The number of benzene rings is 2. The van der Waals surface area contributed by atoms with Crippen molar-refractivity contribution in [3.8, 4) is 0 Å². The second-order valence-electron chi connectivity index (χ2n) is 8.83. The van der Waals surface area contributed by atoms with E-state index in [2.05, 4.69) is 10.6 Å². The highest BCUT2D eigenvalue weighted by Gasteiger charge is 2.35. The minimum Gasteiger partial charge on any atom is -0.481 e. The van der Waals surface area contributed by atoms with Crippen molar-refractivity contribution in [2.24, 2.45) is 0 Å². The van der Waals surface area contributed by atoms with Gasteiger partial charge in [0.1, 0.15) is 18.9 Å². The molecule has 0 radical (unpaired) electrons. The van der Waals surface area contributed by atoms with Gasteiger partial charge in [-0.15, -0.1) is 0 Å². The van der Waals surface area contributed by atoms with Gasteiger partial charge in [-0.2, -0.15) is 0 Å². The number of esters is 1. The number of nitrogens with zero attached hydrogens (tertiary/aromatic N) is 2. The summed E-state index contributed by atoms with van der Waals surface area (Å²) in [5.41, 5.74) is 0.664. The van der Waals surface area contributed by atoms with Gasteiger partial charge in [0.2, 0.25) is 11.8 Å². The van der Waals surface area contributed by atoms with Gasteiger partial charge in [0.25, 0.3) is 11.8 Å². The quantitative estimate of drug-likeness (QED) is 0.276. The number of hydrogen-bond donors (Lipinski definition) is 3. The molecule has 1 aliphatic heterocycles. The number of nitrogens with one attached hydrogen (secondary N) is 2. The van der Waals surface area contributed by atoms with E-state index in [0.717, 1.165) is 11.8 Å². The lowest BCUT2D eigenvalue weighted by Gasteiger charge is -2.36. The van der Waals surface area contributed by atoms with E-state index in [9.17, 15) is 33.6 Å². The number of para-hydroxylation sites is 2. The predicted molar refractivity (Wildman–Crippen MR) is 140 cm³/mol. The van der Waals surface area contributed by atoms with Crippen molar-refractivity contribution < 1.29 is 43.4 Å². The van der Waals surface area contributed by atoms with Gasteiger partial charge in [0.15, 0.2) is 6.61 Å². The Hall–Kier alpha value is -5.07. The molecule has 3 N–H and O–H groups in total. The highest BCUT2D eigenvalue weighted by atomic mass is 16.5. The van der Waals surface area contributed by atoms with E-state index >= 15 is 0 Å². The zero-order chi connectivity index (χ0) is 29.2. The second-order valence-corrected chi connectivity index (χ2v) is 8.83. The van der Waals surface area contributed by atoms with Crippen LogP contribution in [0.15, 0.2) is 54.6 Å². The molecule has 1 heterocycles. The van der Waals surface area contributed by atoms with E-state index in [1.807, 2.05) is 0 Å². The van der Waals surface area contributed by atoms with Crippen LogP contribution >= 0.6 is 0 Å². The lowest BCUT2D eigenvalue weighted by atomic mass is 10.1. The predicted octanol–water partition coefficient (Wildman–Crippen LogP) is 0.276. The number of hydrogen-bond acceptors (Lipinski definition) is 8. The Bertz CT molecular complexity index is 1300. The topological polar surface area (TPSA) is 179 Å². The maximum absolute atomic E-state index is 13.8. The van der Waals surface area contributed by atoms with Crippen LogP contribution in [0.4, 0.5) is 11.4 Å². The molecule has 210 valence electrons. The monoisotopic (exact) mass is 552 g/mol. The van der Waals surface area contributed by atoms with E-state index < -0.39 is 67.2 Å². The first-order chi connectivity index (χ1) is 19.1. The number of carboxylic acid groups (broad SMARTS) is 1. The fourth-order valence-corrected chi connectivity index (χ4v) is 4.08. The molecule has 13 nitrogen and oxygen atoms in total. The SMILES string of the molecule is CC(=O)OCC(=O)N1CC[C@H](NC(=O)c2ccccc2)C(=O)N(CC(=O)N[C@H](C=O)CC(=O)O)c2ccccc21. The fourth-order valence-electron chi connectivity index (χ4n) is 4.08. The molecule has 4 amide bonds. The molecule has 3 rings (SSSR count). The van der Waals surface area contributed by atoms with Crippen molar-refractivity contribution in [3.63, 3.8) is 0 Å². The number of amides is 4. The number of carboxylic acids is 1. The van der Waals surface area contributed by atoms with Crippen molar-refractivity contribution in [2.45, 2.75) is 31.8 Å². The first kappa shape index (κ1) is 29.5. The van der Waals surface area contributed by atoms with Crippen LogP contribution < -0.4 is 20.4 Å². The molecule has 0 fully saturated rings. The Morgan fingerprint density at radius 1 is 1.05 bits per heavy atom. The van der Waals surface area contributed by atoms with Gasteiger partial charge in [0, 0.05) is 19.0 Å². The third kappa shape index (κ3) is 7.72.